The lowest BCUT2D eigenvalue weighted by Crippen LogP contribution is -2.35. The number of amides is 1. The number of sulfonamides is 1. The number of nitrogens with one attached hydrogen (secondary N) is 2. The predicted octanol–water partition coefficient (Wildman–Crippen LogP) is 3.44. The molecule has 0 heterocycles. The van der Waals surface area contributed by atoms with Crippen LogP contribution in [0, 0.1) is 0 Å². The van der Waals surface area contributed by atoms with E-state index >= 15 is 0 Å². The lowest BCUT2D eigenvalue weighted by molar-refractivity contribution is -0.123. The normalized spacial score (nSPS) is 14.9. The minimum atomic E-state index is -3.72. The first-order chi connectivity index (χ1) is 13.4. The van der Waals surface area contributed by atoms with E-state index in [1.807, 2.05) is 12.1 Å². The van der Waals surface area contributed by atoms with Gasteiger partial charge in [-0.2, -0.15) is 0 Å². The van der Waals surface area contributed by atoms with E-state index < -0.39 is 15.4 Å². The lowest BCUT2D eigenvalue weighted by atomic mass is 9.94. The number of carbonyl (C=O) groups is 1. The van der Waals surface area contributed by atoms with Crippen molar-refractivity contribution in [1.29, 1.82) is 0 Å². The third-order valence-corrected chi connectivity index (χ3v) is 6.42. The van der Waals surface area contributed by atoms with Gasteiger partial charge < -0.3 is 10.1 Å². The summed E-state index contributed by atoms with van der Waals surface area (Å²) in [7, 11) is -2.23. The Balaban J connectivity index is 1.71. The van der Waals surface area contributed by atoms with Crippen LogP contribution in [0.15, 0.2) is 53.4 Å². The molecule has 7 heteroatoms. The monoisotopic (exact) mass is 402 g/mol. The highest BCUT2D eigenvalue weighted by atomic mass is 32.2. The predicted molar refractivity (Wildman–Crippen MR) is 109 cm³/mol. The van der Waals surface area contributed by atoms with E-state index in [4.69, 9.17) is 4.74 Å². The van der Waals surface area contributed by atoms with Crippen molar-refractivity contribution in [3.8, 4) is 5.75 Å². The van der Waals surface area contributed by atoms with E-state index in [2.05, 4.69) is 17.0 Å². The van der Waals surface area contributed by atoms with Crippen molar-refractivity contribution in [2.24, 2.45) is 0 Å². The molecule has 2 aromatic carbocycles. The molecule has 28 heavy (non-hydrogen) atoms. The number of hydrogen-bond acceptors (Lipinski definition) is 4. The number of methoxy groups -OCH3 is 1. The highest BCUT2D eigenvalue weighted by Gasteiger charge is 2.50. The molecule has 0 bridgehead atoms. The summed E-state index contributed by atoms with van der Waals surface area (Å²) in [4.78, 5) is 12.7. The molecule has 0 saturated heterocycles. The Morgan fingerprint density at radius 2 is 1.86 bits per heavy atom. The number of unbranched alkanes of at least 4 members (excludes halogenated alkanes) is 1. The summed E-state index contributed by atoms with van der Waals surface area (Å²) in [6.07, 6.45) is 3.64. The number of benzene rings is 2. The molecule has 0 aromatic heterocycles. The summed E-state index contributed by atoms with van der Waals surface area (Å²) in [5, 5.41) is 3.01. The molecule has 6 nitrogen and oxygen atoms in total. The third kappa shape index (κ3) is 4.30. The molecule has 0 unspecified atom stereocenters. The van der Waals surface area contributed by atoms with Gasteiger partial charge in [-0.1, -0.05) is 31.5 Å². The second kappa shape index (κ2) is 8.22. The zero-order chi connectivity index (χ0) is 20.2. The summed E-state index contributed by atoms with van der Waals surface area (Å²) in [5.41, 5.74) is 0.914. The van der Waals surface area contributed by atoms with Crippen molar-refractivity contribution in [3.05, 3.63) is 54.1 Å². The van der Waals surface area contributed by atoms with E-state index in [0.717, 1.165) is 31.2 Å². The van der Waals surface area contributed by atoms with Crippen molar-refractivity contribution in [3.63, 3.8) is 0 Å². The van der Waals surface area contributed by atoms with Gasteiger partial charge in [0, 0.05) is 18.3 Å². The topological polar surface area (TPSA) is 84.5 Å². The van der Waals surface area contributed by atoms with Gasteiger partial charge in [-0.15, -0.1) is 0 Å². The van der Waals surface area contributed by atoms with Crippen molar-refractivity contribution in [2.75, 3.05) is 18.4 Å². The molecule has 1 saturated carbocycles. The van der Waals surface area contributed by atoms with Gasteiger partial charge in [0.2, 0.25) is 5.91 Å². The molecule has 0 radical (unpaired) electrons. The van der Waals surface area contributed by atoms with Gasteiger partial charge in [-0.25, -0.2) is 8.42 Å². The van der Waals surface area contributed by atoms with E-state index in [9.17, 15) is 13.2 Å². The fourth-order valence-corrected chi connectivity index (χ4v) is 4.25. The van der Waals surface area contributed by atoms with E-state index in [1.54, 1.807) is 24.3 Å². The highest BCUT2D eigenvalue weighted by Crippen LogP contribution is 2.48. The lowest BCUT2D eigenvalue weighted by Gasteiger charge is -2.16. The maximum absolute atomic E-state index is 12.6. The fraction of sp³-hybridized carbons (Fsp3) is 0.381. The first kappa shape index (κ1) is 20.2. The minimum Gasteiger partial charge on any atom is -0.497 e. The summed E-state index contributed by atoms with van der Waals surface area (Å²) < 4.78 is 32.8. The quantitative estimate of drug-likeness (QED) is 0.629. The van der Waals surface area contributed by atoms with Gasteiger partial charge in [0.1, 0.15) is 5.75 Å². The molecule has 3 rings (SSSR count). The summed E-state index contributed by atoms with van der Waals surface area (Å²) in [5.74, 6) is 0.536. The number of hydrogen-bond donors (Lipinski definition) is 2. The van der Waals surface area contributed by atoms with Crippen LogP contribution in [-0.4, -0.2) is 28.0 Å². The Labute approximate surface area is 166 Å². The van der Waals surface area contributed by atoms with Crippen molar-refractivity contribution < 1.29 is 17.9 Å². The van der Waals surface area contributed by atoms with Crippen LogP contribution in [0.2, 0.25) is 0 Å². The molecule has 0 atom stereocenters. The molecule has 2 N–H and O–H groups in total. The zero-order valence-corrected chi connectivity index (χ0v) is 17.0. The van der Waals surface area contributed by atoms with Crippen LogP contribution in [0.25, 0.3) is 0 Å². The van der Waals surface area contributed by atoms with Gasteiger partial charge in [0.25, 0.3) is 10.0 Å². The van der Waals surface area contributed by atoms with Crippen LogP contribution in [0.4, 0.5) is 5.69 Å². The largest absolute Gasteiger partial charge is 0.497 e. The SMILES string of the molecule is CCCCNC(=O)C1(c2ccc(NS(=O)(=O)c3cccc(OC)c3)cc2)CC1. The van der Waals surface area contributed by atoms with Crippen molar-refractivity contribution in [2.45, 2.75) is 42.9 Å². The van der Waals surface area contributed by atoms with E-state index in [0.29, 0.717) is 18.0 Å². The number of anilines is 1. The summed E-state index contributed by atoms with van der Waals surface area (Å²) in [6, 6.07) is 13.4. The Kier molecular flexibility index (Phi) is 5.93. The van der Waals surface area contributed by atoms with Gasteiger partial charge in [-0.05, 0) is 49.1 Å². The van der Waals surface area contributed by atoms with Gasteiger partial charge in [-0.3, -0.25) is 9.52 Å². The van der Waals surface area contributed by atoms with Crippen molar-refractivity contribution >= 4 is 21.6 Å². The molecular weight excluding hydrogens is 376 g/mol. The number of ether oxygens (including phenoxy) is 1. The fourth-order valence-electron chi connectivity index (χ4n) is 3.16. The van der Waals surface area contributed by atoms with E-state index in [1.165, 1.54) is 19.2 Å². The maximum atomic E-state index is 12.6. The molecule has 0 aliphatic heterocycles. The smallest absolute Gasteiger partial charge is 0.262 e. The van der Waals surface area contributed by atoms with Crippen LogP contribution < -0.4 is 14.8 Å². The van der Waals surface area contributed by atoms with Crippen LogP contribution >= 0.6 is 0 Å². The molecule has 1 fully saturated rings. The second-order valence-corrected chi connectivity index (χ2v) is 8.74. The van der Waals surface area contributed by atoms with Gasteiger partial charge >= 0.3 is 0 Å². The van der Waals surface area contributed by atoms with Gasteiger partial charge in [0.05, 0.1) is 17.4 Å². The number of rotatable bonds is 9. The second-order valence-electron chi connectivity index (χ2n) is 7.05. The Hall–Kier alpha value is -2.54. The third-order valence-electron chi connectivity index (χ3n) is 5.04. The molecule has 2 aromatic rings. The van der Waals surface area contributed by atoms with Crippen LogP contribution in [0.5, 0.6) is 5.75 Å². The summed E-state index contributed by atoms with van der Waals surface area (Å²) in [6.45, 7) is 2.78. The first-order valence-corrected chi connectivity index (χ1v) is 11.0. The van der Waals surface area contributed by atoms with Crippen LogP contribution in [0.1, 0.15) is 38.2 Å². The summed E-state index contributed by atoms with van der Waals surface area (Å²) >= 11 is 0. The average molecular weight is 403 g/mol. The minimum absolute atomic E-state index is 0.0608. The molecule has 1 amide bonds. The van der Waals surface area contributed by atoms with Crippen LogP contribution in [-0.2, 0) is 20.2 Å². The number of carbonyl (C=O) groups excluding carboxylic acids is 1. The molecule has 1 aliphatic rings. The van der Waals surface area contributed by atoms with E-state index in [-0.39, 0.29) is 10.8 Å². The van der Waals surface area contributed by atoms with Gasteiger partial charge in [0.15, 0.2) is 0 Å². The maximum Gasteiger partial charge on any atom is 0.262 e. The zero-order valence-electron chi connectivity index (χ0n) is 16.2. The van der Waals surface area contributed by atoms with Crippen molar-refractivity contribution in [1.82, 2.24) is 5.32 Å². The molecule has 150 valence electrons. The molecule has 1 aliphatic carbocycles. The first-order valence-electron chi connectivity index (χ1n) is 9.47. The van der Waals surface area contributed by atoms with Crippen LogP contribution in [0.3, 0.4) is 0 Å². The average Bonchev–Trinajstić information content (AvgIpc) is 3.50. The Bertz CT molecular complexity index is 935. The standard InChI is InChI=1S/C21H26N2O4S/c1-3-4-14-22-20(24)21(12-13-21)16-8-10-17(11-9-16)23-28(25,26)19-7-5-6-18(15-19)27-2/h5-11,15,23H,3-4,12-14H2,1-2H3,(H,22,24). The molecule has 0 spiro atoms. The molecular formula is C21H26N2O4S. The highest BCUT2D eigenvalue weighted by molar-refractivity contribution is 7.92. The Morgan fingerprint density at radius 1 is 1.14 bits per heavy atom. The Morgan fingerprint density at radius 3 is 2.46 bits per heavy atom.